The van der Waals surface area contributed by atoms with Crippen LogP contribution in [-0.4, -0.2) is 36.6 Å². The highest BCUT2D eigenvalue weighted by Crippen LogP contribution is 2.21. The van der Waals surface area contributed by atoms with Crippen LogP contribution in [-0.2, 0) is 6.54 Å². The molecule has 2 heterocycles. The molecule has 0 spiro atoms. The van der Waals surface area contributed by atoms with E-state index in [0.29, 0.717) is 0 Å². The van der Waals surface area contributed by atoms with Crippen LogP contribution in [0.3, 0.4) is 0 Å². The lowest BCUT2D eigenvalue weighted by Gasteiger charge is -2.31. The number of aryl methyl sites for hydroxylation is 1. The minimum atomic E-state index is 0.921. The molecular formula is C15H25N3. The van der Waals surface area contributed by atoms with Gasteiger partial charge in [0, 0.05) is 18.4 Å². The van der Waals surface area contributed by atoms with Crippen molar-refractivity contribution in [2.75, 3.05) is 26.7 Å². The van der Waals surface area contributed by atoms with Crippen molar-refractivity contribution in [3.05, 3.63) is 29.6 Å². The molecule has 0 amide bonds. The molecule has 1 aromatic rings. The topological polar surface area (TPSA) is 28.2 Å². The van der Waals surface area contributed by atoms with Crippen molar-refractivity contribution in [1.82, 2.24) is 15.2 Å². The zero-order valence-corrected chi connectivity index (χ0v) is 11.7. The number of likely N-dealkylation sites (tertiary alicyclic amines) is 1. The Morgan fingerprint density at radius 2 is 2.11 bits per heavy atom. The normalized spacial score (nSPS) is 18.1. The van der Waals surface area contributed by atoms with E-state index in [1.165, 1.54) is 37.9 Å². The Kier molecular flexibility index (Phi) is 5.14. The Hall–Kier alpha value is -0.930. The van der Waals surface area contributed by atoms with Crippen molar-refractivity contribution in [3.8, 4) is 0 Å². The van der Waals surface area contributed by atoms with Crippen molar-refractivity contribution in [2.45, 2.75) is 32.7 Å². The van der Waals surface area contributed by atoms with E-state index in [9.17, 15) is 0 Å². The molecule has 1 saturated heterocycles. The highest BCUT2D eigenvalue weighted by atomic mass is 15.1. The highest BCUT2D eigenvalue weighted by molar-refractivity contribution is 5.13. The summed E-state index contributed by atoms with van der Waals surface area (Å²) in [5.41, 5.74) is 2.44. The molecule has 0 bridgehead atoms. The van der Waals surface area contributed by atoms with Gasteiger partial charge in [-0.25, -0.2) is 0 Å². The van der Waals surface area contributed by atoms with Crippen LogP contribution < -0.4 is 5.32 Å². The first-order valence-electron chi connectivity index (χ1n) is 7.06. The van der Waals surface area contributed by atoms with E-state index in [0.717, 1.165) is 24.7 Å². The largest absolute Gasteiger partial charge is 0.320 e. The van der Waals surface area contributed by atoms with Gasteiger partial charge in [0.05, 0.1) is 0 Å². The number of aromatic nitrogens is 1. The Labute approximate surface area is 111 Å². The Balaban J connectivity index is 1.74. The minimum Gasteiger partial charge on any atom is -0.320 e. The van der Waals surface area contributed by atoms with Crippen molar-refractivity contribution in [3.63, 3.8) is 0 Å². The van der Waals surface area contributed by atoms with Gasteiger partial charge in [0.1, 0.15) is 0 Å². The summed E-state index contributed by atoms with van der Waals surface area (Å²) in [6.45, 7) is 6.74. The van der Waals surface area contributed by atoms with Gasteiger partial charge in [-0.3, -0.25) is 9.88 Å². The van der Waals surface area contributed by atoms with E-state index in [1.54, 1.807) is 0 Å². The highest BCUT2D eigenvalue weighted by Gasteiger charge is 2.18. The van der Waals surface area contributed by atoms with Crippen LogP contribution in [0.25, 0.3) is 0 Å². The molecule has 1 aliphatic rings. The SMILES string of the molecule is CNCCC1CCN(Cc2ccc(C)nc2)CC1. The fraction of sp³-hybridized carbons (Fsp3) is 0.667. The van der Waals surface area contributed by atoms with Gasteiger partial charge in [-0.2, -0.15) is 0 Å². The smallest absolute Gasteiger partial charge is 0.0372 e. The van der Waals surface area contributed by atoms with Gasteiger partial charge >= 0.3 is 0 Å². The maximum absolute atomic E-state index is 4.37. The van der Waals surface area contributed by atoms with E-state index in [-0.39, 0.29) is 0 Å². The van der Waals surface area contributed by atoms with Crippen LogP contribution in [0.1, 0.15) is 30.5 Å². The fourth-order valence-corrected chi connectivity index (χ4v) is 2.63. The number of hydrogen-bond acceptors (Lipinski definition) is 3. The van der Waals surface area contributed by atoms with Gasteiger partial charge in [0.2, 0.25) is 0 Å². The average molecular weight is 247 g/mol. The third-order valence-corrected chi connectivity index (χ3v) is 3.89. The maximum Gasteiger partial charge on any atom is 0.0372 e. The Morgan fingerprint density at radius 3 is 2.72 bits per heavy atom. The molecule has 0 saturated carbocycles. The van der Waals surface area contributed by atoms with Gasteiger partial charge < -0.3 is 5.32 Å². The van der Waals surface area contributed by atoms with E-state index >= 15 is 0 Å². The number of nitrogens with one attached hydrogen (secondary N) is 1. The second kappa shape index (κ2) is 6.86. The molecule has 3 nitrogen and oxygen atoms in total. The van der Waals surface area contributed by atoms with Crippen LogP contribution in [0.2, 0.25) is 0 Å². The molecule has 0 aromatic carbocycles. The number of piperidine rings is 1. The Bertz CT molecular complexity index is 339. The van der Waals surface area contributed by atoms with Gasteiger partial charge in [-0.15, -0.1) is 0 Å². The van der Waals surface area contributed by atoms with E-state index in [2.05, 4.69) is 27.3 Å². The summed E-state index contributed by atoms with van der Waals surface area (Å²) in [4.78, 5) is 6.92. The van der Waals surface area contributed by atoms with Crippen LogP contribution in [0.5, 0.6) is 0 Å². The minimum absolute atomic E-state index is 0.921. The lowest BCUT2D eigenvalue weighted by atomic mass is 9.93. The quantitative estimate of drug-likeness (QED) is 0.864. The summed E-state index contributed by atoms with van der Waals surface area (Å²) in [5.74, 6) is 0.921. The van der Waals surface area contributed by atoms with Crippen molar-refractivity contribution in [2.24, 2.45) is 5.92 Å². The first kappa shape index (κ1) is 13.5. The summed E-state index contributed by atoms with van der Waals surface area (Å²) in [7, 11) is 2.04. The Morgan fingerprint density at radius 1 is 1.33 bits per heavy atom. The molecule has 1 N–H and O–H groups in total. The molecule has 2 rings (SSSR count). The first-order valence-corrected chi connectivity index (χ1v) is 7.06. The molecule has 100 valence electrons. The van der Waals surface area contributed by atoms with Gasteiger partial charge in [-0.1, -0.05) is 6.07 Å². The van der Waals surface area contributed by atoms with Crippen molar-refractivity contribution in [1.29, 1.82) is 0 Å². The molecule has 0 radical (unpaired) electrons. The molecular weight excluding hydrogens is 222 g/mol. The van der Waals surface area contributed by atoms with Crippen LogP contribution >= 0.6 is 0 Å². The number of rotatable bonds is 5. The summed E-state index contributed by atoms with van der Waals surface area (Å²) < 4.78 is 0. The molecule has 0 atom stereocenters. The van der Waals surface area contributed by atoms with Crippen molar-refractivity contribution < 1.29 is 0 Å². The maximum atomic E-state index is 4.37. The van der Waals surface area contributed by atoms with Crippen LogP contribution in [0.15, 0.2) is 18.3 Å². The predicted molar refractivity (Wildman–Crippen MR) is 75.5 cm³/mol. The first-order chi connectivity index (χ1) is 8.78. The lowest BCUT2D eigenvalue weighted by Crippen LogP contribution is -2.34. The monoisotopic (exact) mass is 247 g/mol. The van der Waals surface area contributed by atoms with E-state index < -0.39 is 0 Å². The molecule has 1 fully saturated rings. The zero-order chi connectivity index (χ0) is 12.8. The molecule has 1 aromatic heterocycles. The third kappa shape index (κ3) is 4.07. The van der Waals surface area contributed by atoms with E-state index in [4.69, 9.17) is 0 Å². The molecule has 18 heavy (non-hydrogen) atoms. The average Bonchev–Trinajstić information content (AvgIpc) is 2.41. The number of nitrogens with zero attached hydrogens (tertiary/aromatic N) is 2. The van der Waals surface area contributed by atoms with Gasteiger partial charge in [-0.05, 0) is 70.4 Å². The van der Waals surface area contributed by atoms with E-state index in [1.807, 2.05) is 20.2 Å². The number of hydrogen-bond donors (Lipinski definition) is 1. The van der Waals surface area contributed by atoms with Gasteiger partial charge in [0.25, 0.3) is 0 Å². The molecule has 3 heteroatoms. The molecule has 0 aliphatic carbocycles. The zero-order valence-electron chi connectivity index (χ0n) is 11.7. The summed E-state index contributed by atoms with van der Waals surface area (Å²) in [6.07, 6.45) is 6.04. The fourth-order valence-electron chi connectivity index (χ4n) is 2.63. The number of pyridine rings is 1. The van der Waals surface area contributed by atoms with Crippen LogP contribution in [0, 0.1) is 12.8 Å². The van der Waals surface area contributed by atoms with Crippen molar-refractivity contribution >= 4 is 0 Å². The standard InChI is InChI=1S/C15H25N3/c1-13-3-4-15(11-17-13)12-18-9-6-14(7-10-18)5-8-16-2/h3-4,11,14,16H,5-10,12H2,1-2H3. The summed E-state index contributed by atoms with van der Waals surface area (Å²) in [5, 5.41) is 3.25. The summed E-state index contributed by atoms with van der Waals surface area (Å²) in [6, 6.07) is 4.31. The lowest BCUT2D eigenvalue weighted by molar-refractivity contribution is 0.172. The third-order valence-electron chi connectivity index (χ3n) is 3.89. The second-order valence-electron chi connectivity index (χ2n) is 5.42. The van der Waals surface area contributed by atoms with Gasteiger partial charge in [0.15, 0.2) is 0 Å². The molecule has 1 aliphatic heterocycles. The molecule has 0 unspecified atom stereocenters. The second-order valence-corrected chi connectivity index (χ2v) is 5.42. The van der Waals surface area contributed by atoms with Crippen LogP contribution in [0.4, 0.5) is 0 Å². The predicted octanol–water partition coefficient (Wildman–Crippen LogP) is 2.21. The summed E-state index contributed by atoms with van der Waals surface area (Å²) >= 11 is 0.